The topological polar surface area (TPSA) is 95.5 Å². The van der Waals surface area contributed by atoms with Crippen LogP contribution in [0, 0.1) is 5.92 Å². The molecule has 0 radical (unpaired) electrons. The van der Waals surface area contributed by atoms with Crippen LogP contribution in [0.5, 0.6) is 11.5 Å². The number of ether oxygens (including phenoxy) is 2. The molecule has 216 valence electrons. The molecule has 2 aliphatic rings. The van der Waals surface area contributed by atoms with Crippen molar-refractivity contribution >= 4 is 29.4 Å². The molecule has 9 nitrogen and oxygen atoms in total. The van der Waals surface area contributed by atoms with Crippen LogP contribution in [0.3, 0.4) is 0 Å². The fourth-order valence-electron chi connectivity index (χ4n) is 4.41. The highest BCUT2D eigenvalue weighted by molar-refractivity contribution is 5.96. The van der Waals surface area contributed by atoms with E-state index in [1.54, 1.807) is 47.6 Å². The molecule has 2 amide bonds. The van der Waals surface area contributed by atoms with E-state index in [4.69, 9.17) is 4.74 Å². The van der Waals surface area contributed by atoms with Crippen molar-refractivity contribution in [2.75, 3.05) is 43.4 Å². The smallest absolute Gasteiger partial charge is 0.387 e. The number of likely N-dealkylation sites (N-methyl/N-ethyl adjacent to an activating group) is 1. The monoisotopic (exact) mass is 557 g/mol. The lowest BCUT2D eigenvalue weighted by atomic mass is 10.2. The number of nitrogens with one attached hydrogen (secondary N) is 2. The molecule has 2 aromatic rings. The minimum Gasteiger partial charge on any atom is -0.489 e. The second kappa shape index (κ2) is 14.1. The van der Waals surface area contributed by atoms with Crippen LogP contribution in [0.15, 0.2) is 47.6 Å². The minimum absolute atomic E-state index is 0.0132. The number of anilines is 2. The molecule has 2 aromatic carbocycles. The van der Waals surface area contributed by atoms with Gasteiger partial charge in [-0.05, 0) is 92.7 Å². The van der Waals surface area contributed by atoms with Crippen molar-refractivity contribution in [3.05, 3.63) is 48.0 Å². The first kappa shape index (κ1) is 29.3. The van der Waals surface area contributed by atoms with Crippen molar-refractivity contribution < 1.29 is 27.8 Å². The van der Waals surface area contributed by atoms with Gasteiger partial charge in [-0.1, -0.05) is 13.8 Å². The summed E-state index contributed by atoms with van der Waals surface area (Å²) in [5.74, 6) is 0.424. The van der Waals surface area contributed by atoms with Crippen LogP contribution in [0.2, 0.25) is 0 Å². The Morgan fingerprint density at radius 1 is 1.05 bits per heavy atom. The van der Waals surface area contributed by atoms with Gasteiger partial charge in [0.15, 0.2) is 11.5 Å². The van der Waals surface area contributed by atoms with E-state index in [-0.39, 0.29) is 23.3 Å². The number of hydrogen-bond acceptors (Lipinski definition) is 7. The van der Waals surface area contributed by atoms with E-state index in [9.17, 15) is 18.4 Å². The first-order valence-corrected chi connectivity index (χ1v) is 13.8. The third-order valence-corrected chi connectivity index (χ3v) is 6.94. The van der Waals surface area contributed by atoms with E-state index in [1.165, 1.54) is 6.07 Å². The molecule has 1 aliphatic heterocycles. The number of alkyl halides is 2. The van der Waals surface area contributed by atoms with Crippen LogP contribution in [0.4, 0.5) is 20.2 Å². The zero-order chi connectivity index (χ0) is 28.5. The molecule has 1 aliphatic carbocycles. The number of carbonyl (C=O) groups is 2. The Hall–Kier alpha value is -3.73. The fraction of sp³-hybridized carbons (Fsp3) is 0.483. The summed E-state index contributed by atoms with van der Waals surface area (Å²) in [7, 11) is 0. The first-order chi connectivity index (χ1) is 19.3. The van der Waals surface area contributed by atoms with Gasteiger partial charge in [0, 0.05) is 17.9 Å². The number of hydrazone groups is 1. The lowest BCUT2D eigenvalue weighted by Gasteiger charge is -2.21. The third kappa shape index (κ3) is 8.64. The molecule has 40 heavy (non-hydrogen) atoms. The summed E-state index contributed by atoms with van der Waals surface area (Å²) in [6.07, 6.45) is 5.20. The summed E-state index contributed by atoms with van der Waals surface area (Å²) in [4.78, 5) is 27.3. The molecular weight excluding hydrogens is 520 g/mol. The SMILES string of the molecule is CCN(CC)CC(=O)Nc1ccc(NC(=O)[C@@H]2CCCN2/N=C/c2ccc(OC(F)F)c(OCC3CC3)c2)cc1. The van der Waals surface area contributed by atoms with E-state index in [0.29, 0.717) is 49.0 Å². The van der Waals surface area contributed by atoms with Gasteiger partial charge in [0.2, 0.25) is 11.8 Å². The zero-order valence-electron chi connectivity index (χ0n) is 22.9. The number of amides is 2. The number of benzene rings is 2. The molecule has 2 fully saturated rings. The summed E-state index contributed by atoms with van der Waals surface area (Å²) in [6, 6.07) is 11.3. The van der Waals surface area contributed by atoms with Gasteiger partial charge in [-0.25, -0.2) is 0 Å². The van der Waals surface area contributed by atoms with Gasteiger partial charge >= 0.3 is 6.61 Å². The summed E-state index contributed by atoms with van der Waals surface area (Å²) < 4.78 is 35.9. The van der Waals surface area contributed by atoms with Crippen LogP contribution in [-0.4, -0.2) is 73.4 Å². The number of hydrogen-bond donors (Lipinski definition) is 2. The normalized spacial score (nSPS) is 17.1. The molecule has 11 heteroatoms. The lowest BCUT2D eigenvalue weighted by Crippen LogP contribution is -2.36. The second-order valence-electron chi connectivity index (χ2n) is 9.98. The maximum absolute atomic E-state index is 13.0. The van der Waals surface area contributed by atoms with E-state index < -0.39 is 12.7 Å². The van der Waals surface area contributed by atoms with Gasteiger partial charge in [0.1, 0.15) is 6.04 Å². The second-order valence-corrected chi connectivity index (χ2v) is 9.98. The minimum atomic E-state index is -2.95. The van der Waals surface area contributed by atoms with Crippen LogP contribution in [0.25, 0.3) is 0 Å². The van der Waals surface area contributed by atoms with Crippen LogP contribution in [-0.2, 0) is 9.59 Å². The van der Waals surface area contributed by atoms with Crippen molar-refractivity contribution in [1.82, 2.24) is 9.91 Å². The highest BCUT2D eigenvalue weighted by Gasteiger charge is 2.30. The van der Waals surface area contributed by atoms with Gasteiger partial charge in [-0.2, -0.15) is 13.9 Å². The molecule has 1 saturated heterocycles. The summed E-state index contributed by atoms with van der Waals surface area (Å²) >= 11 is 0. The largest absolute Gasteiger partial charge is 0.489 e. The van der Waals surface area contributed by atoms with Gasteiger partial charge in [-0.15, -0.1) is 0 Å². The molecule has 1 atom stereocenters. The Labute approximate surface area is 233 Å². The van der Waals surface area contributed by atoms with E-state index >= 15 is 0 Å². The number of halogens is 2. The lowest BCUT2D eigenvalue weighted by molar-refractivity contribution is -0.120. The Bertz CT molecular complexity index is 1170. The van der Waals surface area contributed by atoms with Crippen LogP contribution >= 0.6 is 0 Å². The molecule has 0 unspecified atom stereocenters. The maximum Gasteiger partial charge on any atom is 0.387 e. The molecule has 1 saturated carbocycles. The Morgan fingerprint density at radius 3 is 2.40 bits per heavy atom. The predicted octanol–water partition coefficient (Wildman–Crippen LogP) is 4.79. The quantitative estimate of drug-likeness (QED) is 0.324. The van der Waals surface area contributed by atoms with Crippen molar-refractivity contribution in [2.45, 2.75) is 52.2 Å². The van der Waals surface area contributed by atoms with Gasteiger partial charge in [-0.3, -0.25) is 19.5 Å². The summed E-state index contributed by atoms with van der Waals surface area (Å²) in [5, 5.41) is 12.0. The summed E-state index contributed by atoms with van der Waals surface area (Å²) in [6.45, 7) is 4.08. The standard InChI is InChI=1S/C29H37F2N5O4/c1-3-35(4-2)18-27(37)33-22-10-12-23(13-11-22)34-28(38)24-6-5-15-36(24)32-17-21-9-14-25(40-29(30)31)26(16-21)39-19-20-7-8-20/h9-14,16-17,20,24,29H,3-8,15,18-19H2,1-2H3,(H,33,37)(H,34,38)/b32-17+/t24-/m0/s1. The van der Waals surface area contributed by atoms with E-state index in [1.807, 2.05) is 18.7 Å². The highest BCUT2D eigenvalue weighted by Crippen LogP contribution is 2.34. The summed E-state index contributed by atoms with van der Waals surface area (Å²) in [5.41, 5.74) is 1.93. The van der Waals surface area contributed by atoms with Crippen molar-refractivity contribution in [2.24, 2.45) is 11.0 Å². The maximum atomic E-state index is 13.0. The molecule has 1 heterocycles. The van der Waals surface area contributed by atoms with Gasteiger partial charge < -0.3 is 20.1 Å². The fourth-order valence-corrected chi connectivity index (χ4v) is 4.41. The molecule has 0 spiro atoms. The van der Waals surface area contributed by atoms with Crippen molar-refractivity contribution in [1.29, 1.82) is 0 Å². The average molecular weight is 558 g/mol. The zero-order valence-corrected chi connectivity index (χ0v) is 22.9. The van der Waals surface area contributed by atoms with Crippen molar-refractivity contribution in [3.8, 4) is 11.5 Å². The molecule has 0 bridgehead atoms. The highest BCUT2D eigenvalue weighted by atomic mass is 19.3. The average Bonchev–Trinajstić information content (AvgIpc) is 3.65. The predicted molar refractivity (Wildman–Crippen MR) is 150 cm³/mol. The molecular formula is C29H37F2N5O4. The van der Waals surface area contributed by atoms with Crippen LogP contribution in [0.1, 0.15) is 45.1 Å². The molecule has 0 aromatic heterocycles. The Balaban J connectivity index is 1.33. The molecule has 4 rings (SSSR count). The number of rotatable bonds is 14. The van der Waals surface area contributed by atoms with Crippen LogP contribution < -0.4 is 20.1 Å². The van der Waals surface area contributed by atoms with Crippen molar-refractivity contribution in [3.63, 3.8) is 0 Å². The molecule has 2 N–H and O–H groups in total. The van der Waals surface area contributed by atoms with Gasteiger partial charge in [0.25, 0.3) is 0 Å². The van der Waals surface area contributed by atoms with E-state index in [2.05, 4.69) is 20.5 Å². The Kier molecular flexibility index (Phi) is 10.3. The van der Waals surface area contributed by atoms with Gasteiger partial charge in [0.05, 0.1) is 19.4 Å². The third-order valence-electron chi connectivity index (χ3n) is 6.94. The number of nitrogens with zero attached hydrogens (tertiary/aromatic N) is 3. The number of carbonyl (C=O) groups excluding carboxylic acids is 2. The first-order valence-electron chi connectivity index (χ1n) is 13.8. The van der Waals surface area contributed by atoms with E-state index in [0.717, 1.165) is 32.4 Å². The Morgan fingerprint density at radius 2 is 1.75 bits per heavy atom.